The summed E-state index contributed by atoms with van der Waals surface area (Å²) in [4.78, 5) is 3.93. The van der Waals surface area contributed by atoms with Crippen LogP contribution in [0.3, 0.4) is 0 Å². The van der Waals surface area contributed by atoms with Crippen LogP contribution < -0.4 is 10.2 Å². The molecule has 1 atom stereocenters. The maximum absolute atomic E-state index is 14.4. The summed E-state index contributed by atoms with van der Waals surface area (Å²) >= 11 is 0. The number of morpholine rings is 1. The molecule has 0 amide bonds. The molecule has 0 aromatic heterocycles. The van der Waals surface area contributed by atoms with E-state index < -0.39 is 12.2 Å². The van der Waals surface area contributed by atoms with Crippen molar-refractivity contribution in [2.24, 2.45) is 0 Å². The van der Waals surface area contributed by atoms with E-state index in [9.17, 15) is 13.2 Å². The van der Waals surface area contributed by atoms with E-state index in [4.69, 9.17) is 10.00 Å². The van der Waals surface area contributed by atoms with Crippen molar-refractivity contribution in [1.82, 2.24) is 10.2 Å². The molecule has 4 rings (SSSR count). The van der Waals surface area contributed by atoms with Crippen LogP contribution in [-0.4, -0.2) is 69.8 Å². The first-order valence-corrected chi connectivity index (χ1v) is 10.9. The lowest BCUT2D eigenvalue weighted by Gasteiger charge is -2.37. The van der Waals surface area contributed by atoms with Gasteiger partial charge in [-0.2, -0.15) is 5.26 Å². The molecule has 0 radical (unpaired) electrons. The predicted molar refractivity (Wildman–Crippen MR) is 118 cm³/mol. The third-order valence-electron chi connectivity index (χ3n) is 6.04. The van der Waals surface area contributed by atoms with Crippen molar-refractivity contribution in [2.45, 2.75) is 19.0 Å². The molecule has 1 unspecified atom stereocenters. The molecule has 2 fully saturated rings. The first-order chi connectivity index (χ1) is 15.5. The Bertz CT molecular complexity index is 964. The van der Waals surface area contributed by atoms with Crippen LogP contribution in [0, 0.1) is 17.1 Å². The van der Waals surface area contributed by atoms with Crippen molar-refractivity contribution in [1.29, 1.82) is 5.26 Å². The molecule has 32 heavy (non-hydrogen) atoms. The fraction of sp³-hybridized carbons (Fsp3) is 0.458. The maximum Gasteiger partial charge on any atom is 0.251 e. The highest BCUT2D eigenvalue weighted by molar-refractivity contribution is 5.80. The molecule has 8 heteroatoms. The normalized spacial score (nSPS) is 19.8. The molecule has 0 aliphatic carbocycles. The van der Waals surface area contributed by atoms with E-state index in [0.717, 1.165) is 36.3 Å². The van der Waals surface area contributed by atoms with Crippen molar-refractivity contribution >= 4 is 5.69 Å². The SMILES string of the molecule is N#Cc1ccc(-c2cc(CC3CNCCO3)ccc2N2CCN(CC(F)F)CC2)cc1F. The summed E-state index contributed by atoms with van der Waals surface area (Å²) in [6, 6.07) is 12.7. The van der Waals surface area contributed by atoms with Gasteiger partial charge in [-0.15, -0.1) is 0 Å². The Morgan fingerprint density at radius 1 is 1.12 bits per heavy atom. The molecule has 2 aromatic rings. The molecule has 0 saturated carbocycles. The van der Waals surface area contributed by atoms with Gasteiger partial charge in [-0.25, -0.2) is 13.2 Å². The predicted octanol–water partition coefficient (Wildman–Crippen LogP) is 3.28. The summed E-state index contributed by atoms with van der Waals surface area (Å²) in [5.74, 6) is -0.553. The van der Waals surface area contributed by atoms with Gasteiger partial charge in [0.15, 0.2) is 0 Å². The maximum atomic E-state index is 14.4. The van der Waals surface area contributed by atoms with Crippen LogP contribution in [0.5, 0.6) is 0 Å². The molecule has 170 valence electrons. The van der Waals surface area contributed by atoms with E-state index in [1.54, 1.807) is 11.0 Å². The summed E-state index contributed by atoms with van der Waals surface area (Å²) in [5, 5.41) is 12.4. The van der Waals surface area contributed by atoms with E-state index in [-0.39, 0.29) is 18.2 Å². The summed E-state index contributed by atoms with van der Waals surface area (Å²) < 4.78 is 45.7. The van der Waals surface area contributed by atoms with Crippen LogP contribution in [0.25, 0.3) is 11.1 Å². The number of nitrogens with one attached hydrogen (secondary N) is 1. The molecular weight excluding hydrogens is 417 g/mol. The van der Waals surface area contributed by atoms with Crippen LogP contribution in [-0.2, 0) is 11.2 Å². The molecule has 0 spiro atoms. The van der Waals surface area contributed by atoms with Crippen LogP contribution in [0.2, 0.25) is 0 Å². The number of anilines is 1. The summed E-state index contributed by atoms with van der Waals surface area (Å²) in [7, 11) is 0. The van der Waals surface area contributed by atoms with Gasteiger partial charge in [0.25, 0.3) is 6.43 Å². The molecule has 0 bridgehead atoms. The quantitative estimate of drug-likeness (QED) is 0.741. The van der Waals surface area contributed by atoms with Gasteiger partial charge in [0.2, 0.25) is 0 Å². The first kappa shape index (κ1) is 22.6. The highest BCUT2D eigenvalue weighted by Crippen LogP contribution is 2.34. The van der Waals surface area contributed by atoms with Crippen LogP contribution >= 0.6 is 0 Å². The fourth-order valence-electron chi connectivity index (χ4n) is 4.37. The molecule has 2 aromatic carbocycles. The summed E-state index contributed by atoms with van der Waals surface area (Å²) in [6.45, 7) is 4.44. The second kappa shape index (κ2) is 10.3. The number of piperazine rings is 1. The fourth-order valence-corrected chi connectivity index (χ4v) is 4.37. The monoisotopic (exact) mass is 444 g/mol. The van der Waals surface area contributed by atoms with Gasteiger partial charge >= 0.3 is 0 Å². The van der Waals surface area contributed by atoms with E-state index in [1.165, 1.54) is 12.1 Å². The lowest BCUT2D eigenvalue weighted by molar-refractivity contribution is 0.0292. The highest BCUT2D eigenvalue weighted by Gasteiger charge is 2.23. The van der Waals surface area contributed by atoms with Crippen molar-refractivity contribution in [3.05, 3.63) is 53.3 Å². The average Bonchev–Trinajstić information content (AvgIpc) is 2.80. The highest BCUT2D eigenvalue weighted by atomic mass is 19.3. The summed E-state index contributed by atoms with van der Waals surface area (Å²) in [5.41, 5.74) is 3.59. The number of benzene rings is 2. The molecule has 2 saturated heterocycles. The van der Waals surface area contributed by atoms with E-state index in [2.05, 4.69) is 22.3 Å². The zero-order chi connectivity index (χ0) is 22.5. The second-order valence-corrected chi connectivity index (χ2v) is 8.24. The Balaban J connectivity index is 1.62. The minimum atomic E-state index is -2.34. The number of hydrogen-bond donors (Lipinski definition) is 1. The zero-order valence-electron chi connectivity index (χ0n) is 17.9. The number of alkyl halides is 2. The Hall–Kier alpha value is -2.60. The third-order valence-corrected chi connectivity index (χ3v) is 6.04. The van der Waals surface area contributed by atoms with Gasteiger partial charge in [0, 0.05) is 50.5 Å². The van der Waals surface area contributed by atoms with Crippen LogP contribution in [0.4, 0.5) is 18.9 Å². The minimum Gasteiger partial charge on any atom is -0.375 e. The van der Waals surface area contributed by atoms with Crippen molar-refractivity contribution in [2.75, 3.05) is 57.3 Å². The number of nitrogens with zero attached hydrogens (tertiary/aromatic N) is 3. The van der Waals surface area contributed by atoms with E-state index in [1.807, 2.05) is 12.1 Å². The van der Waals surface area contributed by atoms with Crippen LogP contribution in [0.15, 0.2) is 36.4 Å². The Labute approximate surface area is 186 Å². The number of halogens is 3. The molecule has 2 heterocycles. The van der Waals surface area contributed by atoms with Gasteiger partial charge in [0.05, 0.1) is 24.8 Å². The number of rotatable bonds is 6. The van der Waals surface area contributed by atoms with Crippen molar-refractivity contribution in [3.8, 4) is 17.2 Å². The van der Waals surface area contributed by atoms with Gasteiger partial charge in [-0.05, 0) is 41.8 Å². The third kappa shape index (κ3) is 5.41. The second-order valence-electron chi connectivity index (χ2n) is 8.24. The lowest BCUT2D eigenvalue weighted by atomic mass is 9.96. The van der Waals surface area contributed by atoms with E-state index in [0.29, 0.717) is 38.3 Å². The largest absolute Gasteiger partial charge is 0.375 e. The topological polar surface area (TPSA) is 51.5 Å². The smallest absolute Gasteiger partial charge is 0.251 e. The molecule has 2 aliphatic heterocycles. The lowest BCUT2D eigenvalue weighted by Crippen LogP contribution is -2.48. The van der Waals surface area contributed by atoms with Crippen molar-refractivity contribution in [3.63, 3.8) is 0 Å². The van der Waals surface area contributed by atoms with Gasteiger partial charge in [-0.1, -0.05) is 12.1 Å². The molecular formula is C24H27F3N4O. The molecule has 5 nitrogen and oxygen atoms in total. The zero-order valence-corrected chi connectivity index (χ0v) is 17.9. The standard InChI is InChI=1S/C24H27F3N4O/c25-22-13-18(2-3-19(22)14-28)21-12-17(11-20-15-29-5-10-32-20)1-4-23(21)31-8-6-30(7-9-31)16-24(26)27/h1-4,12-13,20,24,29H,5-11,15-16H2. The number of nitriles is 1. The molecule has 1 N–H and O–H groups in total. The summed E-state index contributed by atoms with van der Waals surface area (Å²) in [6.07, 6.45) is -1.52. The Morgan fingerprint density at radius 2 is 1.94 bits per heavy atom. The van der Waals surface area contributed by atoms with Crippen molar-refractivity contribution < 1.29 is 17.9 Å². The first-order valence-electron chi connectivity index (χ1n) is 10.9. The van der Waals surface area contributed by atoms with Crippen LogP contribution in [0.1, 0.15) is 11.1 Å². The van der Waals surface area contributed by atoms with Gasteiger partial charge in [0.1, 0.15) is 11.9 Å². The van der Waals surface area contributed by atoms with Gasteiger partial charge < -0.3 is 15.0 Å². The average molecular weight is 445 g/mol. The van der Waals surface area contributed by atoms with E-state index >= 15 is 0 Å². The minimum absolute atomic E-state index is 0.00810. The number of ether oxygens (including phenoxy) is 1. The Kier molecular flexibility index (Phi) is 7.30. The number of hydrogen-bond acceptors (Lipinski definition) is 5. The Morgan fingerprint density at radius 3 is 2.59 bits per heavy atom. The molecule has 2 aliphatic rings. The van der Waals surface area contributed by atoms with Gasteiger partial charge in [-0.3, -0.25) is 4.90 Å².